The molecule has 0 saturated carbocycles. The smallest absolute Gasteiger partial charge is 0.230 e. The molecule has 3 aromatic rings. The van der Waals surface area contributed by atoms with Gasteiger partial charge in [0.1, 0.15) is 5.65 Å². The molecule has 0 saturated heterocycles. The highest BCUT2D eigenvalue weighted by Crippen LogP contribution is 2.17. The molecule has 0 aliphatic carbocycles. The summed E-state index contributed by atoms with van der Waals surface area (Å²) in [4.78, 5) is 16.6. The summed E-state index contributed by atoms with van der Waals surface area (Å²) < 4.78 is 1.82. The number of hydrogen-bond acceptors (Lipinski definition) is 2. The Kier molecular flexibility index (Phi) is 4.35. The molecule has 0 aliphatic rings. The van der Waals surface area contributed by atoms with E-state index in [-0.39, 0.29) is 12.3 Å². The third-order valence-corrected chi connectivity index (χ3v) is 3.89. The highest BCUT2D eigenvalue weighted by Gasteiger charge is 2.09. The summed E-state index contributed by atoms with van der Waals surface area (Å²) in [6, 6.07) is 11.5. The van der Waals surface area contributed by atoms with Crippen LogP contribution in [0.5, 0.6) is 0 Å². The van der Waals surface area contributed by atoms with Crippen molar-refractivity contribution in [1.82, 2.24) is 9.38 Å². The van der Waals surface area contributed by atoms with Gasteiger partial charge in [0.15, 0.2) is 0 Å². The van der Waals surface area contributed by atoms with Crippen molar-refractivity contribution in [3.8, 4) is 0 Å². The average Bonchev–Trinajstić information content (AvgIpc) is 2.88. The third-order valence-electron chi connectivity index (χ3n) is 3.67. The van der Waals surface area contributed by atoms with E-state index >= 15 is 0 Å². The van der Waals surface area contributed by atoms with Gasteiger partial charge >= 0.3 is 0 Å². The van der Waals surface area contributed by atoms with Crippen molar-refractivity contribution in [1.29, 1.82) is 0 Å². The number of anilines is 1. The van der Waals surface area contributed by atoms with Gasteiger partial charge in [-0.25, -0.2) is 4.98 Å². The zero-order valence-electron chi connectivity index (χ0n) is 13.1. The Labute approximate surface area is 140 Å². The van der Waals surface area contributed by atoms with E-state index < -0.39 is 0 Å². The van der Waals surface area contributed by atoms with E-state index in [0.29, 0.717) is 16.6 Å². The minimum absolute atomic E-state index is 0.0863. The first kappa shape index (κ1) is 15.6. The van der Waals surface area contributed by atoms with E-state index in [2.05, 4.69) is 24.1 Å². The lowest BCUT2D eigenvalue weighted by Crippen LogP contribution is -2.14. The zero-order valence-corrected chi connectivity index (χ0v) is 13.8. The maximum absolute atomic E-state index is 12.2. The largest absolute Gasteiger partial charge is 0.326 e. The maximum atomic E-state index is 12.2. The van der Waals surface area contributed by atoms with Gasteiger partial charge in [0, 0.05) is 18.1 Å². The Morgan fingerprint density at radius 3 is 2.61 bits per heavy atom. The third kappa shape index (κ3) is 3.71. The van der Waals surface area contributed by atoms with Crippen LogP contribution in [0.25, 0.3) is 5.65 Å². The Morgan fingerprint density at radius 2 is 1.91 bits per heavy atom. The number of nitrogens with zero attached hydrogens (tertiary/aromatic N) is 2. The summed E-state index contributed by atoms with van der Waals surface area (Å²) in [5.41, 5.74) is 3.54. The van der Waals surface area contributed by atoms with Crippen LogP contribution in [-0.4, -0.2) is 15.3 Å². The number of amides is 1. The number of aromatic nitrogens is 2. The monoisotopic (exact) mass is 327 g/mol. The van der Waals surface area contributed by atoms with Crippen molar-refractivity contribution >= 4 is 28.8 Å². The van der Waals surface area contributed by atoms with Gasteiger partial charge in [-0.05, 0) is 35.7 Å². The van der Waals surface area contributed by atoms with Gasteiger partial charge in [-0.2, -0.15) is 0 Å². The minimum atomic E-state index is -0.0863. The molecule has 23 heavy (non-hydrogen) atoms. The molecule has 0 atom stereocenters. The quantitative estimate of drug-likeness (QED) is 0.777. The molecule has 1 N–H and O–H groups in total. The van der Waals surface area contributed by atoms with Crippen LogP contribution < -0.4 is 5.32 Å². The van der Waals surface area contributed by atoms with Gasteiger partial charge in [0.2, 0.25) is 5.91 Å². The lowest BCUT2D eigenvalue weighted by molar-refractivity contribution is -0.115. The second-order valence-corrected chi connectivity index (χ2v) is 6.28. The van der Waals surface area contributed by atoms with Crippen LogP contribution in [0.3, 0.4) is 0 Å². The van der Waals surface area contributed by atoms with Crippen LogP contribution in [-0.2, 0) is 11.2 Å². The molecule has 0 aliphatic heterocycles. The Morgan fingerprint density at radius 1 is 1.17 bits per heavy atom. The molecule has 0 unspecified atom stereocenters. The predicted molar refractivity (Wildman–Crippen MR) is 93.1 cm³/mol. The Bertz CT molecular complexity index is 837. The molecule has 2 heterocycles. The molecule has 1 aromatic carbocycles. The van der Waals surface area contributed by atoms with Crippen molar-refractivity contribution < 1.29 is 4.79 Å². The summed E-state index contributed by atoms with van der Waals surface area (Å²) in [7, 11) is 0. The Balaban J connectivity index is 1.68. The molecular formula is C18H18ClN3O. The number of fused-ring (bicyclic) bond motifs is 1. The lowest BCUT2D eigenvalue weighted by Gasteiger charge is -2.07. The van der Waals surface area contributed by atoms with E-state index in [4.69, 9.17) is 11.6 Å². The number of imidazole rings is 1. The van der Waals surface area contributed by atoms with Crippen LogP contribution in [0.2, 0.25) is 5.02 Å². The molecule has 118 valence electrons. The normalized spacial score (nSPS) is 11.1. The van der Waals surface area contributed by atoms with E-state index in [9.17, 15) is 4.79 Å². The molecule has 0 spiro atoms. The zero-order chi connectivity index (χ0) is 16.4. The summed E-state index contributed by atoms with van der Waals surface area (Å²) in [6.07, 6.45) is 3.82. The lowest BCUT2D eigenvalue weighted by atomic mass is 10.0. The average molecular weight is 328 g/mol. The van der Waals surface area contributed by atoms with Crippen LogP contribution in [0.15, 0.2) is 48.8 Å². The van der Waals surface area contributed by atoms with Crippen molar-refractivity contribution in [3.05, 3.63) is 65.1 Å². The number of pyridine rings is 1. The molecule has 0 radical (unpaired) electrons. The van der Waals surface area contributed by atoms with Crippen molar-refractivity contribution in [3.63, 3.8) is 0 Å². The fraction of sp³-hybridized carbons (Fsp3) is 0.222. The number of carbonyl (C=O) groups is 1. The molecule has 2 aromatic heterocycles. The first-order valence-electron chi connectivity index (χ1n) is 7.54. The highest BCUT2D eigenvalue weighted by atomic mass is 35.5. The summed E-state index contributed by atoms with van der Waals surface area (Å²) >= 11 is 5.95. The second kappa shape index (κ2) is 6.42. The van der Waals surface area contributed by atoms with E-state index in [1.54, 1.807) is 12.3 Å². The molecule has 5 heteroatoms. The van der Waals surface area contributed by atoms with Crippen molar-refractivity contribution in [2.45, 2.75) is 26.2 Å². The topological polar surface area (TPSA) is 46.4 Å². The van der Waals surface area contributed by atoms with Crippen LogP contribution in [0.4, 0.5) is 5.69 Å². The number of nitrogens with one attached hydrogen (secondary N) is 1. The van der Waals surface area contributed by atoms with Gasteiger partial charge in [-0.3, -0.25) is 4.79 Å². The summed E-state index contributed by atoms with van der Waals surface area (Å²) in [5, 5.41) is 3.53. The minimum Gasteiger partial charge on any atom is -0.326 e. The van der Waals surface area contributed by atoms with Crippen molar-refractivity contribution in [2.24, 2.45) is 0 Å². The van der Waals surface area contributed by atoms with Crippen LogP contribution >= 0.6 is 11.6 Å². The Hall–Kier alpha value is -2.33. The van der Waals surface area contributed by atoms with Gasteiger partial charge in [-0.15, -0.1) is 0 Å². The number of carbonyl (C=O) groups excluding carboxylic acids is 1. The molecular weight excluding hydrogens is 310 g/mol. The van der Waals surface area contributed by atoms with Crippen LogP contribution in [0, 0.1) is 0 Å². The van der Waals surface area contributed by atoms with E-state index in [1.165, 1.54) is 5.56 Å². The number of benzene rings is 1. The standard InChI is InChI=1S/C18H18ClN3O/c1-12(2)13-3-6-15(7-4-13)21-18(23)9-16-11-22-10-14(19)5-8-17(22)20-16/h3-8,10-12H,9H2,1-2H3,(H,21,23). The SMILES string of the molecule is CC(C)c1ccc(NC(=O)Cc2cn3cc(Cl)ccc3n2)cc1. The number of hydrogen-bond donors (Lipinski definition) is 1. The van der Waals surface area contributed by atoms with Gasteiger partial charge < -0.3 is 9.72 Å². The molecule has 4 nitrogen and oxygen atoms in total. The van der Waals surface area contributed by atoms with E-state index in [1.807, 2.05) is 40.9 Å². The van der Waals surface area contributed by atoms with Crippen molar-refractivity contribution in [2.75, 3.05) is 5.32 Å². The fourth-order valence-electron chi connectivity index (χ4n) is 2.42. The summed E-state index contributed by atoms with van der Waals surface area (Å²) in [6.45, 7) is 4.28. The first-order chi connectivity index (χ1) is 11.0. The molecule has 1 amide bonds. The van der Waals surface area contributed by atoms with Gasteiger partial charge in [0.25, 0.3) is 0 Å². The second-order valence-electron chi connectivity index (χ2n) is 5.85. The predicted octanol–water partition coefficient (Wildman–Crippen LogP) is 4.29. The molecule has 3 rings (SSSR count). The van der Waals surface area contributed by atoms with Gasteiger partial charge in [0.05, 0.1) is 17.1 Å². The maximum Gasteiger partial charge on any atom is 0.230 e. The number of halogens is 1. The van der Waals surface area contributed by atoms with E-state index in [0.717, 1.165) is 11.3 Å². The van der Waals surface area contributed by atoms with Crippen LogP contribution in [0.1, 0.15) is 31.0 Å². The number of rotatable bonds is 4. The fourth-order valence-corrected chi connectivity index (χ4v) is 2.59. The molecule has 0 fully saturated rings. The van der Waals surface area contributed by atoms with Gasteiger partial charge in [-0.1, -0.05) is 37.6 Å². The first-order valence-corrected chi connectivity index (χ1v) is 7.92. The highest BCUT2D eigenvalue weighted by molar-refractivity contribution is 6.30. The summed E-state index contributed by atoms with van der Waals surface area (Å²) in [5.74, 6) is 0.390. The molecule has 0 bridgehead atoms.